The molecular weight excluding hydrogens is 250 g/mol. The van der Waals surface area contributed by atoms with E-state index in [-0.39, 0.29) is 11.8 Å². The third-order valence-corrected chi connectivity index (χ3v) is 3.55. The highest BCUT2D eigenvalue weighted by Gasteiger charge is 2.09. The van der Waals surface area contributed by atoms with Gasteiger partial charge < -0.3 is 15.2 Å². The van der Waals surface area contributed by atoms with Crippen molar-refractivity contribution in [3.05, 3.63) is 59.2 Å². The Hall–Kier alpha value is -2.00. The minimum absolute atomic E-state index is 0.234. The smallest absolute Gasteiger partial charge is 0.123 e. The van der Waals surface area contributed by atoms with Gasteiger partial charge in [-0.3, -0.25) is 0 Å². The van der Waals surface area contributed by atoms with Gasteiger partial charge in [0.25, 0.3) is 0 Å². The van der Waals surface area contributed by atoms with E-state index in [1.165, 1.54) is 11.1 Å². The van der Waals surface area contributed by atoms with Crippen molar-refractivity contribution in [1.29, 1.82) is 0 Å². The highest BCUT2D eigenvalue weighted by atomic mass is 16.5. The van der Waals surface area contributed by atoms with Crippen molar-refractivity contribution in [3.63, 3.8) is 0 Å². The first-order valence-electron chi connectivity index (χ1n) is 6.76. The molecule has 0 saturated carbocycles. The molecule has 3 heteroatoms. The third-order valence-electron chi connectivity index (χ3n) is 3.55. The Balaban J connectivity index is 2.04. The van der Waals surface area contributed by atoms with Crippen LogP contribution in [0.4, 0.5) is 0 Å². The van der Waals surface area contributed by atoms with Gasteiger partial charge in [-0.05, 0) is 31.0 Å². The summed E-state index contributed by atoms with van der Waals surface area (Å²) in [5.74, 6) is 0.923. The molecule has 0 bridgehead atoms. The summed E-state index contributed by atoms with van der Waals surface area (Å²) in [7, 11) is 1.59. The number of phenolic OH excluding ortho intramolecular Hbond substituents is 1. The molecule has 0 aromatic heterocycles. The fraction of sp³-hybridized carbons (Fsp3) is 0.294. The Bertz CT molecular complexity index is 581. The number of hydrogen-bond acceptors (Lipinski definition) is 3. The molecule has 0 aliphatic heterocycles. The van der Waals surface area contributed by atoms with Crippen molar-refractivity contribution in [2.45, 2.75) is 26.4 Å². The predicted octanol–water partition coefficient (Wildman–Crippen LogP) is 3.56. The standard InChI is InChI=1S/C17H21NO2/c1-12-6-4-5-7-16(12)13(2)18-11-14-8-9-15(20-3)10-17(14)19/h4-10,13,18-19H,11H2,1-3H3/t13-/m0/s1. The molecule has 3 nitrogen and oxygen atoms in total. The fourth-order valence-electron chi connectivity index (χ4n) is 2.27. The summed E-state index contributed by atoms with van der Waals surface area (Å²) >= 11 is 0. The number of methoxy groups -OCH3 is 1. The topological polar surface area (TPSA) is 41.5 Å². The summed E-state index contributed by atoms with van der Waals surface area (Å²) in [6.07, 6.45) is 0. The Labute approximate surface area is 120 Å². The third kappa shape index (κ3) is 3.31. The molecular formula is C17H21NO2. The number of benzene rings is 2. The van der Waals surface area contributed by atoms with Crippen LogP contribution in [0.3, 0.4) is 0 Å². The average molecular weight is 271 g/mol. The first kappa shape index (κ1) is 14.4. The van der Waals surface area contributed by atoms with Crippen LogP contribution in [0.25, 0.3) is 0 Å². The van der Waals surface area contributed by atoms with Gasteiger partial charge in [0, 0.05) is 24.2 Å². The van der Waals surface area contributed by atoms with Crippen LogP contribution in [-0.4, -0.2) is 12.2 Å². The van der Waals surface area contributed by atoms with Crippen molar-refractivity contribution in [3.8, 4) is 11.5 Å². The molecule has 0 aliphatic rings. The van der Waals surface area contributed by atoms with Crippen molar-refractivity contribution < 1.29 is 9.84 Å². The molecule has 20 heavy (non-hydrogen) atoms. The predicted molar refractivity (Wildman–Crippen MR) is 81.1 cm³/mol. The summed E-state index contributed by atoms with van der Waals surface area (Å²) in [6.45, 7) is 4.85. The lowest BCUT2D eigenvalue weighted by atomic mass is 10.0. The molecule has 2 N–H and O–H groups in total. The lowest BCUT2D eigenvalue weighted by Crippen LogP contribution is -2.18. The second kappa shape index (κ2) is 6.44. The number of hydrogen-bond donors (Lipinski definition) is 2. The van der Waals surface area contributed by atoms with Gasteiger partial charge in [-0.25, -0.2) is 0 Å². The van der Waals surface area contributed by atoms with Crippen molar-refractivity contribution in [2.24, 2.45) is 0 Å². The largest absolute Gasteiger partial charge is 0.507 e. The quantitative estimate of drug-likeness (QED) is 0.873. The first-order chi connectivity index (χ1) is 9.61. The lowest BCUT2D eigenvalue weighted by Gasteiger charge is -2.17. The molecule has 2 rings (SSSR count). The van der Waals surface area contributed by atoms with Gasteiger partial charge in [-0.2, -0.15) is 0 Å². The maximum atomic E-state index is 9.94. The molecule has 0 aliphatic carbocycles. The zero-order chi connectivity index (χ0) is 14.5. The highest BCUT2D eigenvalue weighted by Crippen LogP contribution is 2.24. The van der Waals surface area contributed by atoms with Crippen molar-refractivity contribution in [1.82, 2.24) is 5.32 Å². The van der Waals surface area contributed by atoms with Gasteiger partial charge in [0.2, 0.25) is 0 Å². The molecule has 0 heterocycles. The minimum Gasteiger partial charge on any atom is -0.507 e. The molecule has 2 aromatic carbocycles. The summed E-state index contributed by atoms with van der Waals surface area (Å²) in [6, 6.07) is 13.9. The Morgan fingerprint density at radius 2 is 1.95 bits per heavy atom. The number of phenols is 1. The molecule has 0 amide bonds. The molecule has 0 unspecified atom stereocenters. The van der Waals surface area contributed by atoms with E-state index in [1.807, 2.05) is 24.3 Å². The molecule has 1 atom stereocenters. The number of nitrogens with one attached hydrogen (secondary N) is 1. The van der Waals surface area contributed by atoms with Gasteiger partial charge in [-0.15, -0.1) is 0 Å². The molecule has 106 valence electrons. The maximum absolute atomic E-state index is 9.94. The second-order valence-corrected chi connectivity index (χ2v) is 4.95. The van der Waals surface area contributed by atoms with E-state index in [2.05, 4.69) is 31.3 Å². The van der Waals surface area contributed by atoms with E-state index < -0.39 is 0 Å². The zero-order valence-electron chi connectivity index (χ0n) is 12.2. The summed E-state index contributed by atoms with van der Waals surface area (Å²) in [5.41, 5.74) is 3.41. The SMILES string of the molecule is COc1ccc(CN[C@@H](C)c2ccccc2C)c(O)c1. The van der Waals surface area contributed by atoms with Crippen LogP contribution in [0, 0.1) is 6.92 Å². The summed E-state index contributed by atoms with van der Waals surface area (Å²) in [5, 5.41) is 13.4. The van der Waals surface area contributed by atoms with E-state index in [1.54, 1.807) is 13.2 Å². The van der Waals surface area contributed by atoms with Gasteiger partial charge in [0.15, 0.2) is 0 Å². The molecule has 0 saturated heterocycles. The lowest BCUT2D eigenvalue weighted by molar-refractivity contribution is 0.405. The Morgan fingerprint density at radius 3 is 2.60 bits per heavy atom. The first-order valence-corrected chi connectivity index (χ1v) is 6.76. The van der Waals surface area contributed by atoms with Crippen molar-refractivity contribution in [2.75, 3.05) is 7.11 Å². The van der Waals surface area contributed by atoms with E-state index in [4.69, 9.17) is 4.74 Å². The monoisotopic (exact) mass is 271 g/mol. The minimum atomic E-state index is 0.234. The Kier molecular flexibility index (Phi) is 4.64. The number of aromatic hydroxyl groups is 1. The molecule has 0 radical (unpaired) electrons. The highest BCUT2D eigenvalue weighted by molar-refractivity contribution is 5.39. The van der Waals surface area contributed by atoms with E-state index >= 15 is 0 Å². The van der Waals surface area contributed by atoms with E-state index in [0.29, 0.717) is 12.3 Å². The van der Waals surface area contributed by atoms with Crippen LogP contribution >= 0.6 is 0 Å². The van der Waals surface area contributed by atoms with Gasteiger partial charge in [0.05, 0.1) is 7.11 Å². The van der Waals surface area contributed by atoms with Crippen LogP contribution in [0.1, 0.15) is 29.7 Å². The average Bonchev–Trinajstić information content (AvgIpc) is 2.46. The molecule has 0 fully saturated rings. The van der Waals surface area contributed by atoms with E-state index in [9.17, 15) is 5.11 Å². The summed E-state index contributed by atoms with van der Waals surface area (Å²) in [4.78, 5) is 0. The van der Waals surface area contributed by atoms with Crippen molar-refractivity contribution >= 4 is 0 Å². The second-order valence-electron chi connectivity index (χ2n) is 4.95. The van der Waals surface area contributed by atoms with Crippen LogP contribution < -0.4 is 10.1 Å². The number of aryl methyl sites for hydroxylation is 1. The molecule has 2 aromatic rings. The van der Waals surface area contributed by atoms with Gasteiger partial charge in [0.1, 0.15) is 11.5 Å². The number of ether oxygens (including phenoxy) is 1. The van der Waals surface area contributed by atoms with Gasteiger partial charge >= 0.3 is 0 Å². The van der Waals surface area contributed by atoms with Crippen LogP contribution in [0.15, 0.2) is 42.5 Å². The fourth-order valence-corrected chi connectivity index (χ4v) is 2.27. The van der Waals surface area contributed by atoms with Crippen LogP contribution in [-0.2, 0) is 6.54 Å². The number of rotatable bonds is 5. The van der Waals surface area contributed by atoms with Gasteiger partial charge in [-0.1, -0.05) is 30.3 Å². The Morgan fingerprint density at radius 1 is 1.20 bits per heavy atom. The van der Waals surface area contributed by atoms with E-state index in [0.717, 1.165) is 5.56 Å². The van der Waals surface area contributed by atoms with Crippen LogP contribution in [0.2, 0.25) is 0 Å². The van der Waals surface area contributed by atoms with Crippen LogP contribution in [0.5, 0.6) is 11.5 Å². The maximum Gasteiger partial charge on any atom is 0.123 e. The zero-order valence-corrected chi connectivity index (χ0v) is 12.2. The molecule has 0 spiro atoms. The summed E-state index contributed by atoms with van der Waals surface area (Å²) < 4.78 is 5.08. The normalized spacial score (nSPS) is 12.2.